The third kappa shape index (κ3) is 12.4. The lowest BCUT2D eigenvalue weighted by atomic mass is 9.79. The van der Waals surface area contributed by atoms with Crippen molar-refractivity contribution < 1.29 is 13.2 Å². The molecule has 2 rings (SSSR count). The van der Waals surface area contributed by atoms with E-state index >= 15 is 0 Å². The van der Waals surface area contributed by atoms with Crippen molar-refractivity contribution in [2.45, 2.75) is 87.1 Å². The summed E-state index contributed by atoms with van der Waals surface area (Å²) in [6.45, 7) is 18.0. The van der Waals surface area contributed by atoms with E-state index in [9.17, 15) is 13.2 Å². The molecule has 0 fully saturated rings. The van der Waals surface area contributed by atoms with Crippen LogP contribution in [0.1, 0.15) is 81.1 Å². The van der Waals surface area contributed by atoms with E-state index < -0.39 is 10.0 Å². The number of rotatable bonds is 12. The van der Waals surface area contributed by atoms with E-state index in [-0.39, 0.29) is 22.9 Å². The first kappa shape index (κ1) is 31.8. The van der Waals surface area contributed by atoms with E-state index in [0.717, 1.165) is 43.5 Å². The average Bonchev–Trinajstić information content (AvgIpc) is 3.21. The molecule has 38 heavy (non-hydrogen) atoms. The minimum Gasteiger partial charge on any atom is -0.334 e. The Morgan fingerprint density at radius 3 is 2.29 bits per heavy atom. The summed E-state index contributed by atoms with van der Waals surface area (Å²) in [6.07, 6.45) is 5.22. The molecule has 9 nitrogen and oxygen atoms in total. The number of nitrogens with one attached hydrogen (secondary N) is 4. The first-order valence-corrected chi connectivity index (χ1v) is 15.8. The Balaban J connectivity index is 2.00. The third-order valence-electron chi connectivity index (χ3n) is 6.00. The van der Waals surface area contributed by atoms with Gasteiger partial charge in [0.1, 0.15) is 0 Å². The summed E-state index contributed by atoms with van der Waals surface area (Å²) < 4.78 is 29.8. The summed E-state index contributed by atoms with van der Waals surface area (Å²) in [5.74, 6) is 1.33. The highest BCUT2D eigenvalue weighted by Crippen LogP contribution is 2.31. The highest BCUT2D eigenvalue weighted by atomic mass is 32.2. The molecule has 0 bridgehead atoms. The van der Waals surface area contributed by atoms with Crippen molar-refractivity contribution in [1.29, 1.82) is 0 Å². The second-order valence-corrected chi connectivity index (χ2v) is 15.4. The van der Waals surface area contributed by atoms with Crippen molar-refractivity contribution in [3.8, 4) is 11.4 Å². The SMILES string of the molecule is CC(CCC(NC(=O)NNc1nc(-c2cccc(NS(C)(=O)=O)c2)ns1)C(C)CC(C)(C)C)CC(C)(C)C. The van der Waals surface area contributed by atoms with Gasteiger partial charge in [-0.3, -0.25) is 10.1 Å². The van der Waals surface area contributed by atoms with Gasteiger partial charge in [-0.25, -0.2) is 18.6 Å². The van der Waals surface area contributed by atoms with Gasteiger partial charge in [0, 0.05) is 28.8 Å². The molecule has 0 aliphatic rings. The van der Waals surface area contributed by atoms with Crippen LogP contribution in [0.5, 0.6) is 0 Å². The van der Waals surface area contributed by atoms with E-state index in [1.165, 1.54) is 0 Å². The van der Waals surface area contributed by atoms with Gasteiger partial charge in [0.15, 0.2) is 5.82 Å². The molecule has 1 heterocycles. The molecule has 4 N–H and O–H groups in total. The molecule has 0 aliphatic heterocycles. The molecule has 214 valence electrons. The number of aromatic nitrogens is 2. The maximum absolute atomic E-state index is 12.8. The lowest BCUT2D eigenvalue weighted by Gasteiger charge is -2.32. The van der Waals surface area contributed by atoms with Crippen LogP contribution >= 0.6 is 11.5 Å². The predicted octanol–water partition coefficient (Wildman–Crippen LogP) is 6.50. The number of hydrazine groups is 1. The van der Waals surface area contributed by atoms with Crippen molar-refractivity contribution in [1.82, 2.24) is 20.1 Å². The maximum Gasteiger partial charge on any atom is 0.333 e. The van der Waals surface area contributed by atoms with Crippen LogP contribution in [0.3, 0.4) is 0 Å². The van der Waals surface area contributed by atoms with Crippen LogP contribution in [0.2, 0.25) is 0 Å². The van der Waals surface area contributed by atoms with Gasteiger partial charge >= 0.3 is 6.03 Å². The van der Waals surface area contributed by atoms with Crippen LogP contribution in [0.15, 0.2) is 24.3 Å². The van der Waals surface area contributed by atoms with Gasteiger partial charge in [-0.2, -0.15) is 9.36 Å². The molecule has 0 aliphatic carbocycles. The molecule has 1 aromatic heterocycles. The van der Waals surface area contributed by atoms with Crippen LogP contribution in [0.25, 0.3) is 11.4 Å². The Hall–Kier alpha value is -2.40. The van der Waals surface area contributed by atoms with Crippen LogP contribution in [-0.2, 0) is 10.0 Å². The predicted molar refractivity (Wildman–Crippen MR) is 159 cm³/mol. The molecule has 1 aromatic carbocycles. The van der Waals surface area contributed by atoms with Gasteiger partial charge in [0.05, 0.1) is 6.26 Å². The fourth-order valence-electron chi connectivity index (χ4n) is 4.86. The summed E-state index contributed by atoms with van der Waals surface area (Å²) in [7, 11) is -3.39. The molecule has 0 radical (unpaired) electrons. The summed E-state index contributed by atoms with van der Waals surface area (Å²) in [4.78, 5) is 17.3. The van der Waals surface area contributed by atoms with E-state index in [1.54, 1.807) is 24.3 Å². The minimum atomic E-state index is -3.39. The molecule has 2 amide bonds. The smallest absolute Gasteiger partial charge is 0.333 e. The monoisotopic (exact) mass is 566 g/mol. The van der Waals surface area contributed by atoms with Crippen molar-refractivity contribution in [2.75, 3.05) is 16.4 Å². The zero-order valence-corrected chi connectivity index (χ0v) is 25.9. The molecule has 11 heteroatoms. The second-order valence-electron chi connectivity index (χ2n) is 12.9. The van der Waals surface area contributed by atoms with Gasteiger partial charge < -0.3 is 5.32 Å². The van der Waals surface area contributed by atoms with Crippen molar-refractivity contribution in [3.05, 3.63) is 24.3 Å². The standard InChI is InChI=1S/C27H46N6O3S2/c1-18(16-26(3,4)5)13-14-22(19(2)17-27(6,7)8)28-24(34)30-31-25-29-23(32-37-25)20-11-10-12-21(15-20)33-38(9,35)36/h10-12,15,18-19,22,33H,13-14,16-17H2,1-9H3,(H2,28,30,34)(H,29,31,32). The zero-order valence-electron chi connectivity index (χ0n) is 24.3. The summed E-state index contributed by atoms with van der Waals surface area (Å²) in [5, 5.41) is 3.60. The fourth-order valence-corrected chi connectivity index (χ4v) is 5.96. The molecule has 0 saturated carbocycles. The largest absolute Gasteiger partial charge is 0.334 e. The average molecular weight is 567 g/mol. The van der Waals surface area contributed by atoms with E-state index in [1.807, 2.05) is 0 Å². The number of hydrogen-bond acceptors (Lipinski definition) is 7. The lowest BCUT2D eigenvalue weighted by molar-refractivity contribution is 0.210. The molecule has 0 spiro atoms. The highest BCUT2D eigenvalue weighted by molar-refractivity contribution is 7.92. The lowest BCUT2D eigenvalue weighted by Crippen LogP contribution is -2.47. The first-order chi connectivity index (χ1) is 17.4. The molecule has 3 atom stereocenters. The van der Waals surface area contributed by atoms with Crippen LogP contribution in [0.4, 0.5) is 15.6 Å². The summed E-state index contributed by atoms with van der Waals surface area (Å²) >= 11 is 1.10. The van der Waals surface area contributed by atoms with Gasteiger partial charge in [-0.1, -0.05) is 67.5 Å². The van der Waals surface area contributed by atoms with E-state index in [0.29, 0.717) is 34.0 Å². The van der Waals surface area contributed by atoms with E-state index in [4.69, 9.17) is 0 Å². The number of hydrogen-bond donors (Lipinski definition) is 4. The van der Waals surface area contributed by atoms with Gasteiger partial charge in [-0.05, 0) is 60.5 Å². The zero-order chi connectivity index (χ0) is 28.7. The highest BCUT2D eigenvalue weighted by Gasteiger charge is 2.26. The quantitative estimate of drug-likeness (QED) is 0.217. The number of urea groups is 1. The van der Waals surface area contributed by atoms with Gasteiger partial charge in [0.2, 0.25) is 15.2 Å². The number of amides is 2. The molecular weight excluding hydrogens is 520 g/mol. The number of anilines is 2. The molecule has 3 unspecified atom stereocenters. The van der Waals surface area contributed by atoms with Gasteiger partial charge in [-0.15, -0.1) is 0 Å². The Morgan fingerprint density at radius 2 is 1.68 bits per heavy atom. The van der Waals surface area contributed by atoms with Crippen molar-refractivity contribution in [3.63, 3.8) is 0 Å². The number of carbonyl (C=O) groups is 1. The number of nitrogens with zero attached hydrogens (tertiary/aromatic N) is 2. The molecular formula is C27H46N6O3S2. The number of carbonyl (C=O) groups excluding carboxylic acids is 1. The first-order valence-electron chi connectivity index (χ1n) is 13.1. The Labute approximate surface area is 233 Å². The molecule has 0 saturated heterocycles. The fraction of sp³-hybridized carbons (Fsp3) is 0.667. The van der Waals surface area contributed by atoms with Crippen LogP contribution in [0, 0.1) is 22.7 Å². The summed E-state index contributed by atoms with van der Waals surface area (Å²) in [5.41, 5.74) is 7.09. The van der Waals surface area contributed by atoms with Crippen LogP contribution < -0.4 is 20.9 Å². The number of benzene rings is 1. The normalized spacial score (nSPS) is 14.9. The second kappa shape index (κ2) is 13.1. The molecule has 2 aromatic rings. The van der Waals surface area contributed by atoms with Crippen molar-refractivity contribution >= 4 is 38.4 Å². The Morgan fingerprint density at radius 1 is 1.03 bits per heavy atom. The van der Waals surface area contributed by atoms with Crippen LogP contribution in [-0.4, -0.2) is 36.1 Å². The van der Waals surface area contributed by atoms with E-state index in [2.05, 4.69) is 85.6 Å². The summed E-state index contributed by atoms with van der Waals surface area (Å²) in [6, 6.07) is 6.58. The third-order valence-corrected chi connectivity index (χ3v) is 7.24. The minimum absolute atomic E-state index is 0.0495. The Kier molecular flexibility index (Phi) is 11.0. The maximum atomic E-state index is 12.8. The topological polar surface area (TPSA) is 125 Å². The van der Waals surface area contributed by atoms with Gasteiger partial charge in [0.25, 0.3) is 0 Å². The Bertz CT molecular complexity index is 1150. The number of sulfonamides is 1. The van der Waals surface area contributed by atoms with Crippen molar-refractivity contribution in [2.24, 2.45) is 22.7 Å².